The van der Waals surface area contributed by atoms with Gasteiger partial charge >= 0.3 is 0 Å². The van der Waals surface area contributed by atoms with E-state index < -0.39 is 21.4 Å². The molecule has 0 fully saturated rings. The molecular formula is C18H13Cl3N2O3S. The van der Waals surface area contributed by atoms with E-state index in [0.29, 0.717) is 11.6 Å². The number of sulfone groups is 1. The molecule has 0 atom stereocenters. The Hall–Kier alpha value is -1.86. The van der Waals surface area contributed by atoms with Crippen molar-refractivity contribution in [1.29, 1.82) is 0 Å². The van der Waals surface area contributed by atoms with Gasteiger partial charge < -0.3 is 4.57 Å². The van der Waals surface area contributed by atoms with Crippen LogP contribution in [0.25, 0.3) is 0 Å². The molecule has 2 aromatic carbocycles. The molecule has 3 aromatic rings. The van der Waals surface area contributed by atoms with E-state index in [4.69, 9.17) is 34.8 Å². The van der Waals surface area contributed by atoms with Gasteiger partial charge in [-0.3, -0.25) is 4.79 Å². The van der Waals surface area contributed by atoms with E-state index in [9.17, 15) is 13.2 Å². The summed E-state index contributed by atoms with van der Waals surface area (Å²) in [6.45, 7) is 0.477. The second-order valence-corrected chi connectivity index (χ2v) is 9.05. The highest BCUT2D eigenvalue weighted by Crippen LogP contribution is 2.26. The third-order valence-corrected chi connectivity index (χ3v) is 6.33. The van der Waals surface area contributed by atoms with Crippen molar-refractivity contribution in [1.82, 2.24) is 9.55 Å². The summed E-state index contributed by atoms with van der Waals surface area (Å²) in [5.41, 5.74) is 1.03. The Morgan fingerprint density at radius 3 is 2.37 bits per heavy atom. The monoisotopic (exact) mass is 442 g/mol. The summed E-state index contributed by atoms with van der Waals surface area (Å²) < 4.78 is 26.7. The van der Waals surface area contributed by atoms with Gasteiger partial charge in [0.05, 0.1) is 16.2 Å². The molecule has 1 heterocycles. The number of rotatable bonds is 6. The minimum absolute atomic E-state index is 0.0143. The molecule has 0 saturated heterocycles. The summed E-state index contributed by atoms with van der Waals surface area (Å²) in [7, 11) is -3.95. The molecule has 9 heteroatoms. The predicted octanol–water partition coefficient (Wildman–Crippen LogP) is 4.55. The average molecular weight is 444 g/mol. The van der Waals surface area contributed by atoms with Crippen LogP contribution >= 0.6 is 34.8 Å². The first-order valence-corrected chi connectivity index (χ1v) is 10.5. The van der Waals surface area contributed by atoms with Crippen LogP contribution in [0.3, 0.4) is 0 Å². The van der Waals surface area contributed by atoms with Gasteiger partial charge in [-0.1, -0.05) is 46.9 Å². The largest absolute Gasteiger partial charge is 0.332 e. The molecular weight excluding hydrogens is 431 g/mol. The Labute approximate surface area is 171 Å². The summed E-state index contributed by atoms with van der Waals surface area (Å²) in [5.74, 6) is -1.37. The summed E-state index contributed by atoms with van der Waals surface area (Å²) in [5, 5.41) is 0.864. The lowest BCUT2D eigenvalue weighted by Gasteiger charge is -2.06. The fourth-order valence-electron chi connectivity index (χ4n) is 2.43. The number of Topliss-reactive ketones (excluding diaryl/α,β-unsaturated/α-hetero) is 1. The van der Waals surface area contributed by atoms with Gasteiger partial charge in [0, 0.05) is 22.8 Å². The highest BCUT2D eigenvalue weighted by molar-refractivity contribution is 7.92. The Bertz CT molecular complexity index is 1090. The van der Waals surface area contributed by atoms with E-state index in [1.54, 1.807) is 16.7 Å². The number of carbonyl (C=O) groups excluding carboxylic acids is 1. The van der Waals surface area contributed by atoms with Crippen molar-refractivity contribution < 1.29 is 13.2 Å². The number of carbonyl (C=O) groups is 1. The van der Waals surface area contributed by atoms with Gasteiger partial charge in [-0.05, 0) is 35.9 Å². The number of nitrogens with zero attached hydrogens (tertiary/aromatic N) is 2. The van der Waals surface area contributed by atoms with Crippen molar-refractivity contribution in [2.75, 3.05) is 5.75 Å². The van der Waals surface area contributed by atoms with E-state index in [1.807, 2.05) is 12.1 Å². The van der Waals surface area contributed by atoms with Crippen LogP contribution in [0, 0.1) is 0 Å². The van der Waals surface area contributed by atoms with E-state index in [1.165, 1.54) is 30.7 Å². The first-order chi connectivity index (χ1) is 12.7. The molecule has 140 valence electrons. The summed E-state index contributed by atoms with van der Waals surface area (Å²) in [6, 6.07) is 11.3. The molecule has 0 amide bonds. The lowest BCUT2D eigenvalue weighted by molar-refractivity contribution is 0.101. The number of aromatic nitrogens is 2. The molecule has 0 aliphatic heterocycles. The Kier molecular flexibility index (Phi) is 5.91. The van der Waals surface area contributed by atoms with E-state index >= 15 is 0 Å². The van der Waals surface area contributed by atoms with Crippen molar-refractivity contribution >= 4 is 50.4 Å². The Morgan fingerprint density at radius 2 is 1.67 bits per heavy atom. The zero-order valence-electron chi connectivity index (χ0n) is 13.8. The standard InChI is InChI=1S/C18H13Cl3N2O3S/c19-13-3-1-12(2-4-13)8-23-9-16(22-11-23)17(24)10-27(25,26)18-7-14(20)5-6-15(18)21/h1-7,9,11H,8,10H2. The van der Waals surface area contributed by atoms with Gasteiger partial charge in [0.2, 0.25) is 0 Å². The quantitative estimate of drug-likeness (QED) is 0.524. The molecule has 0 radical (unpaired) electrons. The van der Waals surface area contributed by atoms with Crippen LogP contribution < -0.4 is 0 Å². The van der Waals surface area contributed by atoms with Gasteiger partial charge in [-0.15, -0.1) is 0 Å². The van der Waals surface area contributed by atoms with Crippen LogP contribution in [0.2, 0.25) is 15.1 Å². The molecule has 5 nitrogen and oxygen atoms in total. The second-order valence-electron chi connectivity index (χ2n) is 5.81. The molecule has 3 rings (SSSR count). The van der Waals surface area contributed by atoms with Gasteiger partial charge in [-0.2, -0.15) is 0 Å². The van der Waals surface area contributed by atoms with Crippen molar-refractivity contribution in [2.45, 2.75) is 11.4 Å². The average Bonchev–Trinajstić information content (AvgIpc) is 3.07. The minimum atomic E-state index is -3.95. The topological polar surface area (TPSA) is 69.0 Å². The number of imidazole rings is 1. The predicted molar refractivity (Wildman–Crippen MR) is 106 cm³/mol. The van der Waals surface area contributed by atoms with E-state index in [-0.39, 0.29) is 20.6 Å². The fourth-order valence-corrected chi connectivity index (χ4v) is 4.58. The smallest absolute Gasteiger partial charge is 0.198 e. The first kappa shape index (κ1) is 19.9. The second kappa shape index (κ2) is 8.02. The maximum atomic E-state index is 12.5. The van der Waals surface area contributed by atoms with Crippen molar-refractivity contribution in [2.24, 2.45) is 0 Å². The van der Waals surface area contributed by atoms with Crippen LogP contribution in [-0.2, 0) is 16.4 Å². The van der Waals surface area contributed by atoms with Gasteiger partial charge in [-0.25, -0.2) is 13.4 Å². The van der Waals surface area contributed by atoms with Crippen LogP contribution in [0.4, 0.5) is 0 Å². The number of hydrogen-bond donors (Lipinski definition) is 0. The SMILES string of the molecule is O=C(CS(=O)(=O)c1cc(Cl)ccc1Cl)c1cn(Cc2ccc(Cl)cc2)cn1. The Morgan fingerprint density at radius 1 is 1.00 bits per heavy atom. The van der Waals surface area contributed by atoms with Crippen molar-refractivity contribution in [3.8, 4) is 0 Å². The van der Waals surface area contributed by atoms with Gasteiger partial charge in [0.1, 0.15) is 11.4 Å². The van der Waals surface area contributed by atoms with E-state index in [2.05, 4.69) is 4.98 Å². The van der Waals surface area contributed by atoms with Crippen LogP contribution in [0.15, 0.2) is 59.9 Å². The number of benzene rings is 2. The molecule has 0 saturated carbocycles. The summed E-state index contributed by atoms with van der Waals surface area (Å²) in [6.07, 6.45) is 2.98. The molecule has 27 heavy (non-hydrogen) atoms. The number of hydrogen-bond acceptors (Lipinski definition) is 4. The third kappa shape index (κ3) is 4.90. The molecule has 1 aromatic heterocycles. The van der Waals surface area contributed by atoms with Crippen molar-refractivity contribution in [3.63, 3.8) is 0 Å². The normalized spacial score (nSPS) is 11.5. The zero-order valence-corrected chi connectivity index (χ0v) is 16.9. The van der Waals surface area contributed by atoms with Crippen LogP contribution in [0.5, 0.6) is 0 Å². The molecule has 0 unspecified atom stereocenters. The maximum absolute atomic E-state index is 12.5. The highest BCUT2D eigenvalue weighted by Gasteiger charge is 2.24. The first-order valence-electron chi connectivity index (χ1n) is 7.72. The molecule has 0 spiro atoms. The third-order valence-electron chi connectivity index (χ3n) is 3.75. The van der Waals surface area contributed by atoms with Gasteiger partial charge in [0.25, 0.3) is 0 Å². The lowest BCUT2D eigenvalue weighted by Crippen LogP contribution is -2.17. The molecule has 0 aliphatic rings. The van der Waals surface area contributed by atoms with Crippen LogP contribution in [-0.4, -0.2) is 29.5 Å². The van der Waals surface area contributed by atoms with Gasteiger partial charge in [0.15, 0.2) is 15.6 Å². The van der Waals surface area contributed by atoms with Crippen molar-refractivity contribution in [3.05, 3.63) is 81.3 Å². The maximum Gasteiger partial charge on any atom is 0.198 e. The van der Waals surface area contributed by atoms with E-state index in [0.717, 1.165) is 5.56 Å². The Balaban J connectivity index is 1.75. The molecule has 0 aliphatic carbocycles. The minimum Gasteiger partial charge on any atom is -0.332 e. The lowest BCUT2D eigenvalue weighted by atomic mass is 10.2. The number of halogens is 3. The fraction of sp³-hybridized carbons (Fsp3) is 0.111. The zero-order chi connectivity index (χ0) is 19.6. The van der Waals surface area contributed by atoms with Crippen LogP contribution in [0.1, 0.15) is 16.1 Å². The highest BCUT2D eigenvalue weighted by atomic mass is 35.5. The molecule has 0 N–H and O–H groups in total. The summed E-state index contributed by atoms with van der Waals surface area (Å²) in [4.78, 5) is 16.2. The number of ketones is 1. The molecule has 0 bridgehead atoms. The summed E-state index contributed by atoms with van der Waals surface area (Å²) >= 11 is 17.6.